The Kier molecular flexibility index (Phi) is 24.0. The van der Waals surface area contributed by atoms with Crippen LogP contribution in [0.4, 0.5) is 84.2 Å². The largest absolute Gasteiger partial charge is 0.573 e. The number of sulfonamides is 2. The van der Waals surface area contributed by atoms with Gasteiger partial charge < -0.3 is 39.8 Å². The number of nitrogens with one attached hydrogen (secondary N) is 3. The molecule has 0 radical (unpaired) electrons. The van der Waals surface area contributed by atoms with E-state index in [1.54, 1.807) is 0 Å². The number of hydrogen-bond donors (Lipinski definition) is 3. The lowest BCUT2D eigenvalue weighted by atomic mass is 10.1. The van der Waals surface area contributed by atoms with Gasteiger partial charge in [0.1, 0.15) is 33.0 Å². The highest BCUT2D eigenvalue weighted by molar-refractivity contribution is 7.89. The minimum atomic E-state index is -5.05. The zero-order valence-corrected chi connectivity index (χ0v) is 53.8. The van der Waals surface area contributed by atoms with Gasteiger partial charge >= 0.3 is 38.3 Å². The highest BCUT2D eigenvalue weighted by Gasteiger charge is 2.44. The van der Waals surface area contributed by atoms with E-state index >= 15 is 0 Å². The number of ether oxygens (including phenoxy) is 4. The van der Waals surface area contributed by atoms with E-state index < -0.39 is 164 Å². The van der Waals surface area contributed by atoms with Crippen molar-refractivity contribution in [1.82, 2.24) is 54.5 Å². The Morgan fingerprint density at radius 2 is 0.990 bits per heavy atom. The van der Waals surface area contributed by atoms with Crippen molar-refractivity contribution in [2.24, 2.45) is 0 Å². The number of halogens is 21. The Labute approximate surface area is 565 Å². The molecule has 536 valence electrons. The van der Waals surface area contributed by atoms with Crippen molar-refractivity contribution in [3.05, 3.63) is 134 Å². The number of fused-ring (bicyclic) bond motifs is 2. The summed E-state index contributed by atoms with van der Waals surface area (Å²) in [6, 6.07) is 9.83. The van der Waals surface area contributed by atoms with Crippen molar-refractivity contribution in [1.29, 1.82) is 0 Å². The lowest BCUT2D eigenvalue weighted by Crippen LogP contribution is -2.60. The van der Waals surface area contributed by atoms with E-state index in [-0.39, 0.29) is 78.5 Å². The first-order valence-electron chi connectivity index (χ1n) is 26.8. The molecule has 2 atom stereocenters. The first kappa shape index (κ1) is 76.9. The molecule has 0 unspecified atom stereocenters. The second-order valence-corrected chi connectivity index (χ2v) is 26.7. The summed E-state index contributed by atoms with van der Waals surface area (Å²) in [5.41, 5.74) is -0.284. The third-order valence-electron chi connectivity index (χ3n) is 13.0. The van der Waals surface area contributed by atoms with Crippen LogP contribution < -0.4 is 39.8 Å². The zero-order chi connectivity index (χ0) is 72.9. The molecule has 2 aliphatic heterocycles. The fourth-order valence-corrected chi connectivity index (χ4v) is 14.3. The minimum absolute atomic E-state index is 0.00529. The topological polar surface area (TPSA) is 262 Å². The normalized spacial score (nSPS) is 16.1. The fourth-order valence-electron chi connectivity index (χ4n) is 8.78. The summed E-state index contributed by atoms with van der Waals surface area (Å²) in [7, 11) is -8.88. The highest BCUT2D eigenvalue weighted by atomic mass is 35.5. The molecule has 8 aromatic rings. The lowest BCUT2D eigenvalue weighted by Gasteiger charge is -2.39. The van der Waals surface area contributed by atoms with Gasteiger partial charge in [-0.25, -0.2) is 50.5 Å². The molecule has 2 aliphatic rings. The van der Waals surface area contributed by atoms with Crippen LogP contribution in [0.1, 0.15) is 22.8 Å². The number of hydrogen-bond acceptors (Lipinski definition) is 20. The molecule has 0 saturated carbocycles. The SMILES string of the molecule is FC(F)(F)c1nc(Cl)c2sc(Cl)nc2n1.O=C(NCc1ccc(OC(F)F)c(F)c1)[C@H]1CN(c2nc3nc(C(F)(F)F)nc(Cl)c3s2)CCN1S(=O)(=O)c1ccc(OC(F)(F)F)cc1.O=C(NCc1ccc(OC(F)F)c(F)c1)[C@H]1CNCCN1S(=O)(=O)c1ccc(OC(F)(F)F)cc1. The van der Waals surface area contributed by atoms with Gasteiger partial charge in [0.05, 0.1) is 9.79 Å². The number of nitrogens with zero attached hydrogens (tertiary/aromatic N) is 9. The number of alkyl halides is 16. The number of carbonyl (C=O) groups is 2. The molecule has 3 N–H and O–H groups in total. The summed E-state index contributed by atoms with van der Waals surface area (Å²) in [5, 5.41) is 6.92. The summed E-state index contributed by atoms with van der Waals surface area (Å²) in [5.74, 6) is -9.56. The van der Waals surface area contributed by atoms with Crippen molar-refractivity contribution in [2.45, 2.75) is 73.3 Å². The van der Waals surface area contributed by atoms with Crippen molar-refractivity contribution in [3.8, 4) is 23.0 Å². The first-order chi connectivity index (χ1) is 46.1. The summed E-state index contributed by atoms with van der Waals surface area (Å²) in [6.45, 7) is -8.18. The van der Waals surface area contributed by atoms with E-state index in [9.17, 15) is 105 Å². The van der Waals surface area contributed by atoms with Crippen LogP contribution in [0.25, 0.3) is 20.7 Å². The molecule has 99 heavy (non-hydrogen) atoms. The average Bonchev–Trinajstić information content (AvgIpc) is 1.74. The van der Waals surface area contributed by atoms with Gasteiger partial charge in [-0.05, 0) is 83.9 Å². The van der Waals surface area contributed by atoms with E-state index in [4.69, 9.17) is 34.8 Å². The summed E-state index contributed by atoms with van der Waals surface area (Å²) in [4.78, 5) is 47.5. The average molecular weight is 1570 g/mol. The van der Waals surface area contributed by atoms with Crippen molar-refractivity contribution in [3.63, 3.8) is 0 Å². The smallest absolute Gasteiger partial charge is 0.432 e. The maximum absolute atomic E-state index is 14.2. The number of benzene rings is 4. The number of anilines is 1. The standard InChI is InChI=1S/C26H18ClF9N6O5S2.C20H19F6N3O5S.C6Cl2F3N3S/c27-19-18-20(39-22(38-19)25(31,32)33)40-24(48-18)41-7-8-42(49(44,45)14-4-2-13(3-5-14)47-26(34,35)36)16(11-41)21(43)37-10-12-1-6-17(15(28)9-12)46-23(29)30;21-15-9-12(1-6-17(15)33-19(22)23)10-28-18(30)16-11-27-7-8-29(16)35(31,32)14-4-2-13(3-5-14)34-20(24,25)26;7-2-1-3(14-5(8)15-1)13-4(12-2)6(9,10)11/h1-6,9,16,23H,7-8,10-11H2,(H,37,43);1-6,9,16,19,27H,7-8,10-11H2,(H,28,30);/t2*16-;/m11./s1. The molecule has 2 fully saturated rings. The van der Waals surface area contributed by atoms with Crippen LogP contribution in [0, 0.1) is 11.6 Å². The second-order valence-electron chi connectivity index (χ2n) is 19.6. The number of rotatable bonds is 17. The Morgan fingerprint density at radius 1 is 0.566 bits per heavy atom. The monoisotopic (exact) mass is 1560 g/mol. The molecular weight excluding hydrogens is 1530 g/mol. The molecule has 10 rings (SSSR count). The quantitative estimate of drug-likeness (QED) is 0.0565. The summed E-state index contributed by atoms with van der Waals surface area (Å²) >= 11 is 18.7. The molecule has 22 nitrogen and oxygen atoms in total. The minimum Gasteiger partial charge on any atom is -0.432 e. The first-order valence-corrected chi connectivity index (χ1v) is 32.4. The van der Waals surface area contributed by atoms with Gasteiger partial charge in [-0.2, -0.15) is 57.5 Å². The number of aromatic nitrogens is 6. The van der Waals surface area contributed by atoms with Crippen LogP contribution in [0.5, 0.6) is 23.0 Å². The molecule has 0 spiro atoms. The number of piperazine rings is 2. The zero-order valence-electron chi connectivity index (χ0n) is 48.2. The van der Waals surface area contributed by atoms with Crippen molar-refractivity contribution < 1.29 is 124 Å². The molecular formula is C52H37Cl3F18N12O10S4. The third kappa shape index (κ3) is 20.2. The highest BCUT2D eigenvalue weighted by Crippen LogP contribution is 2.39. The molecule has 2 amide bonds. The maximum atomic E-state index is 14.2. The van der Waals surface area contributed by atoms with Crippen LogP contribution in [0.3, 0.4) is 0 Å². The second kappa shape index (κ2) is 31.0. The Hall–Kier alpha value is -7.85. The van der Waals surface area contributed by atoms with E-state index in [0.717, 1.165) is 110 Å². The van der Waals surface area contributed by atoms with Gasteiger partial charge in [0, 0.05) is 52.4 Å². The molecule has 47 heteroatoms. The fraction of sp³-hybridized carbons (Fsp3) is 0.308. The lowest BCUT2D eigenvalue weighted by molar-refractivity contribution is -0.275. The molecule has 2 saturated heterocycles. The molecule has 4 aromatic carbocycles. The predicted octanol–water partition coefficient (Wildman–Crippen LogP) is 11.6. The Balaban J connectivity index is 0.000000215. The van der Waals surface area contributed by atoms with Crippen LogP contribution in [-0.4, -0.2) is 144 Å². The summed E-state index contributed by atoms with van der Waals surface area (Å²) in [6.07, 6.45) is -19.6. The molecule has 6 heterocycles. The molecule has 0 aliphatic carbocycles. The van der Waals surface area contributed by atoms with Crippen molar-refractivity contribution in [2.75, 3.05) is 44.2 Å². The van der Waals surface area contributed by atoms with Crippen LogP contribution in [0.15, 0.2) is 94.7 Å². The number of carbonyl (C=O) groups excluding carboxylic acids is 2. The molecule has 0 bridgehead atoms. The van der Waals surface area contributed by atoms with Gasteiger partial charge in [-0.1, -0.05) is 69.6 Å². The van der Waals surface area contributed by atoms with Gasteiger partial charge in [-0.3, -0.25) is 9.59 Å². The van der Waals surface area contributed by atoms with Gasteiger partial charge in [0.15, 0.2) is 54.3 Å². The number of thiazole rings is 2. The third-order valence-corrected chi connectivity index (χ3v) is 19.9. The Morgan fingerprint density at radius 3 is 1.41 bits per heavy atom. The van der Waals surface area contributed by atoms with Gasteiger partial charge in [0.2, 0.25) is 43.5 Å². The number of amides is 2. The van der Waals surface area contributed by atoms with Gasteiger partial charge in [-0.15, -0.1) is 26.3 Å². The summed E-state index contributed by atoms with van der Waals surface area (Å²) < 4.78 is 300. The van der Waals surface area contributed by atoms with Crippen LogP contribution in [0.2, 0.25) is 14.8 Å². The van der Waals surface area contributed by atoms with E-state index in [0.29, 0.717) is 0 Å². The van der Waals surface area contributed by atoms with Crippen molar-refractivity contribution >= 4 is 115 Å². The van der Waals surface area contributed by atoms with Crippen LogP contribution >= 0.6 is 57.5 Å². The maximum Gasteiger partial charge on any atom is 0.573 e. The molecule has 4 aromatic heterocycles. The predicted molar refractivity (Wildman–Crippen MR) is 312 cm³/mol. The van der Waals surface area contributed by atoms with Gasteiger partial charge in [0.25, 0.3) is 0 Å². The van der Waals surface area contributed by atoms with Crippen LogP contribution in [-0.2, 0) is 55.1 Å². The van der Waals surface area contributed by atoms with E-state index in [1.165, 1.54) is 11.0 Å². The Bertz CT molecular complexity index is 4460. The van der Waals surface area contributed by atoms with E-state index in [1.807, 2.05) is 0 Å². The van der Waals surface area contributed by atoms with E-state index in [2.05, 4.69) is 64.8 Å².